The smallest absolute Gasteiger partial charge is 0.342 e. The lowest BCUT2D eigenvalue weighted by Crippen LogP contribution is -2.35. The Kier molecular flexibility index (Phi) is 7.17. The van der Waals surface area contributed by atoms with Gasteiger partial charge in [0.2, 0.25) is 0 Å². The molecule has 0 saturated carbocycles. The fourth-order valence-electron chi connectivity index (χ4n) is 2.79. The summed E-state index contributed by atoms with van der Waals surface area (Å²) >= 11 is 0. The highest BCUT2D eigenvalue weighted by Crippen LogP contribution is 2.25. The average Bonchev–Trinajstić information content (AvgIpc) is 2.79. The number of rotatable bonds is 8. The van der Waals surface area contributed by atoms with Crippen LogP contribution in [0.15, 0.2) is 84.9 Å². The maximum Gasteiger partial charge on any atom is 0.342 e. The zero-order chi connectivity index (χ0) is 21.2. The molecule has 0 atom stereocenters. The van der Waals surface area contributed by atoms with E-state index in [9.17, 15) is 9.59 Å². The molecule has 150 valence electrons. The summed E-state index contributed by atoms with van der Waals surface area (Å²) in [6.45, 7) is -0.233. The molecule has 3 rings (SSSR count). The van der Waals surface area contributed by atoms with Crippen LogP contribution in [0.25, 0.3) is 0 Å². The molecule has 30 heavy (non-hydrogen) atoms. The van der Waals surface area contributed by atoms with Crippen LogP contribution in [0, 0.1) is 11.3 Å². The van der Waals surface area contributed by atoms with Gasteiger partial charge < -0.3 is 14.4 Å². The molecule has 0 aromatic heterocycles. The van der Waals surface area contributed by atoms with E-state index in [1.165, 1.54) is 4.90 Å². The Labute approximate surface area is 174 Å². The second-order valence-corrected chi connectivity index (χ2v) is 6.28. The van der Waals surface area contributed by atoms with Crippen molar-refractivity contribution in [2.45, 2.75) is 6.42 Å². The number of nitrogens with zero attached hydrogens (tertiary/aromatic N) is 2. The first-order valence-corrected chi connectivity index (χ1v) is 9.40. The van der Waals surface area contributed by atoms with Gasteiger partial charge in [0.05, 0.1) is 12.5 Å². The fourth-order valence-corrected chi connectivity index (χ4v) is 2.79. The molecule has 0 aliphatic rings. The molecule has 1 amide bonds. The van der Waals surface area contributed by atoms with Gasteiger partial charge in [0.25, 0.3) is 5.91 Å². The molecule has 6 nitrogen and oxygen atoms in total. The third-order valence-corrected chi connectivity index (χ3v) is 4.22. The Balaban J connectivity index is 1.69. The Morgan fingerprint density at radius 2 is 1.50 bits per heavy atom. The number of hydrogen-bond acceptors (Lipinski definition) is 5. The molecule has 0 aliphatic heterocycles. The maximum atomic E-state index is 12.7. The van der Waals surface area contributed by atoms with Crippen molar-refractivity contribution in [2.24, 2.45) is 0 Å². The van der Waals surface area contributed by atoms with E-state index in [2.05, 4.69) is 0 Å². The Morgan fingerprint density at radius 3 is 2.20 bits per heavy atom. The summed E-state index contributed by atoms with van der Waals surface area (Å²) in [5.41, 5.74) is 0.860. The number of anilines is 1. The summed E-state index contributed by atoms with van der Waals surface area (Å²) in [6.07, 6.45) is 0.169. The second-order valence-electron chi connectivity index (χ2n) is 6.28. The lowest BCUT2D eigenvalue weighted by molar-refractivity contribution is -0.121. The summed E-state index contributed by atoms with van der Waals surface area (Å²) < 4.78 is 11.0. The third kappa shape index (κ3) is 5.46. The van der Waals surface area contributed by atoms with Gasteiger partial charge in [0.15, 0.2) is 6.61 Å². The monoisotopic (exact) mass is 400 g/mol. The van der Waals surface area contributed by atoms with Crippen LogP contribution in [0.2, 0.25) is 0 Å². The maximum absolute atomic E-state index is 12.7. The van der Waals surface area contributed by atoms with Crippen LogP contribution in [0.3, 0.4) is 0 Å². The van der Waals surface area contributed by atoms with Crippen LogP contribution in [0.4, 0.5) is 5.69 Å². The van der Waals surface area contributed by atoms with Crippen LogP contribution in [-0.2, 0) is 9.53 Å². The SMILES string of the molecule is N#CCCN(C(=O)COC(=O)c1ccccc1Oc1ccccc1)c1ccccc1. The minimum Gasteiger partial charge on any atom is -0.456 e. The van der Waals surface area contributed by atoms with Crippen molar-refractivity contribution in [1.82, 2.24) is 0 Å². The molecule has 0 saturated heterocycles. The molecular weight excluding hydrogens is 380 g/mol. The number of benzene rings is 3. The Hall–Kier alpha value is -4.11. The molecule has 0 bridgehead atoms. The largest absolute Gasteiger partial charge is 0.456 e. The number of amides is 1. The van der Waals surface area contributed by atoms with E-state index in [-0.39, 0.29) is 18.5 Å². The van der Waals surface area contributed by atoms with Gasteiger partial charge in [-0.1, -0.05) is 48.5 Å². The molecule has 0 unspecified atom stereocenters. The summed E-state index contributed by atoms with van der Waals surface area (Å²) in [7, 11) is 0. The quantitative estimate of drug-likeness (QED) is 0.517. The molecule has 6 heteroatoms. The molecule has 3 aromatic rings. The van der Waals surface area contributed by atoms with Gasteiger partial charge in [-0.15, -0.1) is 0 Å². The molecule has 0 radical (unpaired) electrons. The predicted molar refractivity (Wildman–Crippen MR) is 112 cm³/mol. The number of carbonyl (C=O) groups is 2. The highest BCUT2D eigenvalue weighted by Gasteiger charge is 2.20. The first-order chi connectivity index (χ1) is 14.7. The molecular formula is C24H20N2O4. The van der Waals surface area contributed by atoms with Crippen molar-refractivity contribution < 1.29 is 19.1 Å². The third-order valence-electron chi connectivity index (χ3n) is 4.22. The van der Waals surface area contributed by atoms with Crippen molar-refractivity contribution in [2.75, 3.05) is 18.1 Å². The van der Waals surface area contributed by atoms with Crippen LogP contribution >= 0.6 is 0 Å². The van der Waals surface area contributed by atoms with Crippen molar-refractivity contribution in [3.05, 3.63) is 90.5 Å². The van der Waals surface area contributed by atoms with E-state index in [0.717, 1.165) is 0 Å². The molecule has 3 aromatic carbocycles. The van der Waals surface area contributed by atoms with Crippen LogP contribution in [0.1, 0.15) is 16.8 Å². The first kappa shape index (κ1) is 20.6. The van der Waals surface area contributed by atoms with Crippen LogP contribution in [0.5, 0.6) is 11.5 Å². The van der Waals surface area contributed by atoms with E-state index in [0.29, 0.717) is 17.2 Å². The minimum atomic E-state index is -0.664. The van der Waals surface area contributed by atoms with Gasteiger partial charge in [0.1, 0.15) is 17.1 Å². The lowest BCUT2D eigenvalue weighted by Gasteiger charge is -2.21. The normalized spacial score (nSPS) is 9.97. The van der Waals surface area contributed by atoms with E-state index < -0.39 is 18.5 Å². The van der Waals surface area contributed by atoms with Gasteiger partial charge in [-0.2, -0.15) is 5.26 Å². The van der Waals surface area contributed by atoms with Gasteiger partial charge in [-0.25, -0.2) is 4.79 Å². The van der Waals surface area contributed by atoms with Gasteiger partial charge in [-0.3, -0.25) is 4.79 Å². The second kappa shape index (κ2) is 10.4. The average molecular weight is 400 g/mol. The molecule has 0 spiro atoms. The van der Waals surface area contributed by atoms with Crippen LogP contribution < -0.4 is 9.64 Å². The van der Waals surface area contributed by atoms with E-state index in [4.69, 9.17) is 14.7 Å². The highest BCUT2D eigenvalue weighted by molar-refractivity contribution is 5.98. The first-order valence-electron chi connectivity index (χ1n) is 9.40. The van der Waals surface area contributed by atoms with E-state index in [1.807, 2.05) is 30.3 Å². The highest BCUT2D eigenvalue weighted by atomic mass is 16.5. The van der Waals surface area contributed by atoms with Gasteiger partial charge in [-0.05, 0) is 36.4 Å². The topological polar surface area (TPSA) is 79.6 Å². The van der Waals surface area contributed by atoms with E-state index >= 15 is 0 Å². The number of nitriles is 1. The fraction of sp³-hybridized carbons (Fsp3) is 0.125. The zero-order valence-electron chi connectivity index (χ0n) is 16.2. The Morgan fingerprint density at radius 1 is 0.867 bits per heavy atom. The number of carbonyl (C=O) groups excluding carboxylic acids is 2. The lowest BCUT2D eigenvalue weighted by atomic mass is 10.2. The summed E-state index contributed by atoms with van der Waals surface area (Å²) in [4.78, 5) is 26.7. The summed E-state index contributed by atoms with van der Waals surface area (Å²) in [5, 5.41) is 8.88. The molecule has 0 N–H and O–H groups in total. The zero-order valence-corrected chi connectivity index (χ0v) is 16.2. The number of para-hydroxylation sites is 3. The summed E-state index contributed by atoms with van der Waals surface area (Å²) in [6, 6.07) is 26.7. The number of ether oxygens (including phenoxy) is 2. The number of esters is 1. The van der Waals surface area contributed by atoms with Crippen LogP contribution in [-0.4, -0.2) is 25.0 Å². The Bertz CT molecular complexity index is 1030. The molecule has 0 heterocycles. The van der Waals surface area contributed by atoms with Crippen molar-refractivity contribution >= 4 is 17.6 Å². The predicted octanol–water partition coefficient (Wildman–Crippen LogP) is 4.58. The summed E-state index contributed by atoms with van der Waals surface area (Å²) in [5.74, 6) is -0.152. The van der Waals surface area contributed by atoms with Gasteiger partial charge in [0, 0.05) is 12.2 Å². The molecule has 0 fully saturated rings. The van der Waals surface area contributed by atoms with Gasteiger partial charge >= 0.3 is 5.97 Å². The van der Waals surface area contributed by atoms with Crippen molar-refractivity contribution in [3.8, 4) is 17.6 Å². The van der Waals surface area contributed by atoms with E-state index in [1.54, 1.807) is 60.7 Å². The molecule has 0 aliphatic carbocycles. The minimum absolute atomic E-state index is 0.169. The standard InChI is InChI=1S/C24H20N2O4/c25-16-9-17-26(19-10-3-1-4-11-19)23(27)18-29-24(28)21-14-7-8-15-22(21)30-20-12-5-2-6-13-20/h1-8,10-15H,9,17-18H2. The van der Waals surface area contributed by atoms with Crippen molar-refractivity contribution in [3.63, 3.8) is 0 Å². The number of hydrogen-bond donors (Lipinski definition) is 0. The van der Waals surface area contributed by atoms with Crippen molar-refractivity contribution in [1.29, 1.82) is 5.26 Å².